The van der Waals surface area contributed by atoms with Gasteiger partial charge in [0.25, 0.3) is 0 Å². The molecule has 16 heavy (non-hydrogen) atoms. The minimum atomic E-state index is -2.79. The zero-order valence-electron chi connectivity index (χ0n) is 9.71. The van der Waals surface area contributed by atoms with Crippen LogP contribution in [0.1, 0.15) is 32.4 Å². The van der Waals surface area contributed by atoms with Crippen LogP contribution in [-0.4, -0.2) is 6.61 Å². The topological polar surface area (TPSA) is 35.2 Å². The molecule has 0 amide bonds. The largest absolute Gasteiger partial charge is 0.435 e. The maximum atomic E-state index is 11.9. The molecule has 1 aromatic rings. The lowest BCUT2D eigenvalue weighted by Crippen LogP contribution is -2.26. The van der Waals surface area contributed by atoms with Gasteiger partial charge in [-0.25, -0.2) is 0 Å². The predicted octanol–water partition coefficient (Wildman–Crippen LogP) is 3.33. The molecule has 1 rings (SSSR count). The fourth-order valence-corrected chi connectivity index (χ4v) is 1.36. The molecular weight excluding hydrogens is 212 g/mol. The third-order valence-electron chi connectivity index (χ3n) is 2.40. The molecule has 0 saturated heterocycles. The van der Waals surface area contributed by atoms with Crippen molar-refractivity contribution in [3.63, 3.8) is 0 Å². The van der Waals surface area contributed by atoms with Gasteiger partial charge >= 0.3 is 6.61 Å². The highest BCUT2D eigenvalue weighted by Gasteiger charge is 2.22. The van der Waals surface area contributed by atoms with Crippen molar-refractivity contribution in [2.24, 2.45) is 11.1 Å². The molecule has 4 heteroatoms. The number of halogens is 2. The zero-order chi connectivity index (χ0) is 12.3. The molecule has 0 aliphatic rings. The molecular formula is C12H17F2NO. The van der Waals surface area contributed by atoms with Crippen LogP contribution in [0, 0.1) is 5.41 Å². The minimum Gasteiger partial charge on any atom is -0.435 e. The van der Waals surface area contributed by atoms with Crippen LogP contribution in [0.25, 0.3) is 0 Å². The van der Waals surface area contributed by atoms with Gasteiger partial charge in [-0.1, -0.05) is 32.9 Å². The van der Waals surface area contributed by atoms with E-state index in [1.165, 1.54) is 12.1 Å². The summed E-state index contributed by atoms with van der Waals surface area (Å²) in [5, 5.41) is 0. The smallest absolute Gasteiger partial charge is 0.387 e. The molecule has 0 aliphatic carbocycles. The monoisotopic (exact) mass is 229 g/mol. The number of hydrogen-bond donors (Lipinski definition) is 1. The molecule has 0 bridgehead atoms. The normalized spacial score (nSPS) is 13.9. The zero-order valence-corrected chi connectivity index (χ0v) is 9.71. The summed E-state index contributed by atoms with van der Waals surface area (Å²) < 4.78 is 28.1. The van der Waals surface area contributed by atoms with E-state index in [4.69, 9.17) is 5.73 Å². The number of rotatable bonds is 3. The Hall–Kier alpha value is -1.16. The second-order valence-corrected chi connectivity index (χ2v) is 4.79. The average Bonchev–Trinajstić information content (AvgIpc) is 2.15. The standard InChI is InChI=1S/C12H17F2NO/c1-12(2,3)10(15)8-4-6-9(7-5-8)16-11(13)14/h4-7,10-11H,15H2,1-3H3/t10-/m1/s1. The van der Waals surface area contributed by atoms with Gasteiger partial charge in [0.05, 0.1) is 0 Å². The van der Waals surface area contributed by atoms with Crippen LogP contribution in [0.2, 0.25) is 0 Å². The van der Waals surface area contributed by atoms with Gasteiger partial charge in [-0.2, -0.15) is 8.78 Å². The van der Waals surface area contributed by atoms with E-state index in [0.29, 0.717) is 0 Å². The van der Waals surface area contributed by atoms with Crippen molar-refractivity contribution in [2.75, 3.05) is 0 Å². The number of nitrogens with two attached hydrogens (primary N) is 1. The van der Waals surface area contributed by atoms with E-state index in [0.717, 1.165) is 5.56 Å². The van der Waals surface area contributed by atoms with Crippen molar-refractivity contribution in [1.82, 2.24) is 0 Å². The molecule has 0 aliphatic heterocycles. The summed E-state index contributed by atoms with van der Waals surface area (Å²) in [5.41, 5.74) is 6.88. The first kappa shape index (κ1) is 12.9. The van der Waals surface area contributed by atoms with E-state index in [1.807, 2.05) is 20.8 Å². The van der Waals surface area contributed by atoms with Crippen molar-refractivity contribution in [1.29, 1.82) is 0 Å². The molecule has 0 radical (unpaired) electrons. The maximum absolute atomic E-state index is 11.9. The Morgan fingerprint density at radius 2 is 1.62 bits per heavy atom. The van der Waals surface area contributed by atoms with Crippen molar-refractivity contribution in [3.8, 4) is 5.75 Å². The van der Waals surface area contributed by atoms with E-state index >= 15 is 0 Å². The van der Waals surface area contributed by atoms with Gasteiger partial charge in [0.15, 0.2) is 0 Å². The van der Waals surface area contributed by atoms with Crippen LogP contribution >= 0.6 is 0 Å². The van der Waals surface area contributed by atoms with E-state index in [1.54, 1.807) is 12.1 Å². The number of alkyl halides is 2. The highest BCUT2D eigenvalue weighted by atomic mass is 19.3. The summed E-state index contributed by atoms with van der Waals surface area (Å²) in [6.45, 7) is 3.30. The van der Waals surface area contributed by atoms with Crippen LogP contribution in [0.3, 0.4) is 0 Å². The molecule has 2 N–H and O–H groups in total. The third kappa shape index (κ3) is 3.45. The summed E-state index contributed by atoms with van der Waals surface area (Å²) in [6.07, 6.45) is 0. The van der Waals surface area contributed by atoms with Crippen molar-refractivity contribution in [3.05, 3.63) is 29.8 Å². The number of hydrogen-bond acceptors (Lipinski definition) is 2. The summed E-state index contributed by atoms with van der Waals surface area (Å²) in [6, 6.07) is 6.31. The highest BCUT2D eigenvalue weighted by molar-refractivity contribution is 5.29. The lowest BCUT2D eigenvalue weighted by molar-refractivity contribution is -0.0498. The molecule has 0 saturated carbocycles. The molecule has 0 spiro atoms. The molecule has 0 aromatic heterocycles. The Bertz CT molecular complexity index is 330. The van der Waals surface area contributed by atoms with Crippen LogP contribution in [0.4, 0.5) is 8.78 Å². The first-order valence-electron chi connectivity index (χ1n) is 5.11. The molecule has 2 nitrogen and oxygen atoms in total. The predicted molar refractivity (Wildman–Crippen MR) is 59.5 cm³/mol. The van der Waals surface area contributed by atoms with Gasteiger partial charge in [0.2, 0.25) is 0 Å². The Morgan fingerprint density at radius 1 is 1.12 bits per heavy atom. The van der Waals surface area contributed by atoms with Gasteiger partial charge in [-0.15, -0.1) is 0 Å². The summed E-state index contributed by atoms with van der Waals surface area (Å²) in [4.78, 5) is 0. The van der Waals surface area contributed by atoms with E-state index in [-0.39, 0.29) is 17.2 Å². The van der Waals surface area contributed by atoms with Crippen LogP contribution in [0.15, 0.2) is 24.3 Å². The van der Waals surface area contributed by atoms with Gasteiger partial charge in [-0.05, 0) is 23.1 Å². The Morgan fingerprint density at radius 3 is 2.00 bits per heavy atom. The second kappa shape index (κ2) is 4.78. The minimum absolute atomic E-state index is 0.0644. The fraction of sp³-hybridized carbons (Fsp3) is 0.500. The third-order valence-corrected chi connectivity index (χ3v) is 2.40. The fourth-order valence-electron chi connectivity index (χ4n) is 1.36. The van der Waals surface area contributed by atoms with Gasteiger partial charge in [-0.3, -0.25) is 0 Å². The number of benzene rings is 1. The first-order valence-corrected chi connectivity index (χ1v) is 5.11. The quantitative estimate of drug-likeness (QED) is 0.862. The maximum Gasteiger partial charge on any atom is 0.387 e. The molecule has 0 unspecified atom stereocenters. The van der Waals surface area contributed by atoms with Gasteiger partial charge in [0.1, 0.15) is 5.75 Å². The van der Waals surface area contributed by atoms with Crippen molar-refractivity contribution >= 4 is 0 Å². The van der Waals surface area contributed by atoms with E-state index in [9.17, 15) is 8.78 Å². The average molecular weight is 229 g/mol. The first-order chi connectivity index (χ1) is 7.30. The van der Waals surface area contributed by atoms with Crippen LogP contribution in [0.5, 0.6) is 5.75 Å². The molecule has 1 aromatic carbocycles. The summed E-state index contributed by atoms with van der Waals surface area (Å²) >= 11 is 0. The van der Waals surface area contributed by atoms with E-state index in [2.05, 4.69) is 4.74 Å². The molecule has 90 valence electrons. The van der Waals surface area contributed by atoms with Crippen LogP contribution < -0.4 is 10.5 Å². The lowest BCUT2D eigenvalue weighted by Gasteiger charge is -2.27. The van der Waals surface area contributed by atoms with Gasteiger partial charge in [0, 0.05) is 6.04 Å². The molecule has 0 heterocycles. The highest BCUT2D eigenvalue weighted by Crippen LogP contribution is 2.31. The van der Waals surface area contributed by atoms with Crippen molar-refractivity contribution in [2.45, 2.75) is 33.4 Å². The number of ether oxygens (including phenoxy) is 1. The van der Waals surface area contributed by atoms with Crippen LogP contribution in [-0.2, 0) is 0 Å². The van der Waals surface area contributed by atoms with Crippen molar-refractivity contribution < 1.29 is 13.5 Å². The lowest BCUT2D eigenvalue weighted by atomic mass is 9.83. The Balaban J connectivity index is 2.79. The Labute approximate surface area is 94.4 Å². The van der Waals surface area contributed by atoms with E-state index < -0.39 is 6.61 Å². The summed E-state index contributed by atoms with van der Waals surface area (Å²) in [7, 11) is 0. The Kier molecular flexibility index (Phi) is 3.86. The second-order valence-electron chi connectivity index (χ2n) is 4.79. The van der Waals surface area contributed by atoms with Gasteiger partial charge < -0.3 is 10.5 Å². The molecule has 1 atom stereocenters. The summed E-state index contributed by atoms with van der Waals surface area (Å²) in [5.74, 6) is 0.153. The SMILES string of the molecule is CC(C)(C)[C@H](N)c1ccc(OC(F)F)cc1. The molecule has 0 fully saturated rings.